The molecule has 3 nitrogen and oxygen atoms in total. The summed E-state index contributed by atoms with van der Waals surface area (Å²) in [5.74, 6) is 1.78. The molecule has 0 radical (unpaired) electrons. The molecule has 4 bridgehead atoms. The molecule has 3 aromatic rings. The minimum atomic E-state index is 0.229. The number of methoxy groups -OCH3 is 2. The van der Waals surface area contributed by atoms with Crippen LogP contribution in [-0.2, 0) is 30.4 Å². The van der Waals surface area contributed by atoms with E-state index in [0.717, 1.165) is 48.3 Å². The first-order valence-corrected chi connectivity index (χ1v) is 9.78. The van der Waals surface area contributed by atoms with E-state index in [1.165, 1.54) is 22.3 Å². The van der Waals surface area contributed by atoms with E-state index in [1.807, 2.05) is 12.1 Å². The first-order valence-electron chi connectivity index (χ1n) is 9.78. The number of para-hydroxylation sites is 1. The fourth-order valence-electron chi connectivity index (χ4n) is 3.93. The Bertz CT molecular complexity index is 945. The monoisotopic (exact) mass is 374 g/mol. The molecule has 3 heteroatoms. The van der Waals surface area contributed by atoms with E-state index in [-0.39, 0.29) is 6.79 Å². The fourth-order valence-corrected chi connectivity index (χ4v) is 3.93. The van der Waals surface area contributed by atoms with Gasteiger partial charge in [0.05, 0.1) is 7.11 Å². The molecule has 0 aromatic heterocycles. The minimum absolute atomic E-state index is 0.229. The van der Waals surface area contributed by atoms with Crippen LogP contribution < -0.4 is 9.47 Å². The van der Waals surface area contributed by atoms with E-state index >= 15 is 0 Å². The predicted molar refractivity (Wildman–Crippen MR) is 112 cm³/mol. The summed E-state index contributed by atoms with van der Waals surface area (Å²) in [6.07, 6.45) is 3.83. The lowest BCUT2D eigenvalue weighted by atomic mass is 9.89. The smallest absolute Gasteiger partial charge is 0.188 e. The van der Waals surface area contributed by atoms with E-state index in [1.54, 1.807) is 14.2 Å². The van der Waals surface area contributed by atoms with Crippen molar-refractivity contribution in [1.82, 2.24) is 0 Å². The Balaban J connectivity index is 1.89. The minimum Gasteiger partial charge on any atom is -0.496 e. The molecule has 0 fully saturated rings. The average molecular weight is 374 g/mol. The SMILES string of the molecule is COCOc1c2ccc(c1-c1ccccc1OC)CCc1ccc(cc1)CC2. The van der Waals surface area contributed by atoms with E-state index in [9.17, 15) is 0 Å². The van der Waals surface area contributed by atoms with Crippen LogP contribution in [0.1, 0.15) is 22.3 Å². The van der Waals surface area contributed by atoms with E-state index < -0.39 is 0 Å². The molecule has 28 heavy (non-hydrogen) atoms. The Morgan fingerprint density at radius 3 is 2.04 bits per heavy atom. The standard InChI is InChI=1S/C25H26O3/c1-26-17-28-25-21-14-12-19-9-7-18(8-10-19)11-13-20(15-16-21)24(25)22-5-3-4-6-23(22)27-2/h3-10,15-16H,11-14,17H2,1-2H3. The average Bonchev–Trinajstić information content (AvgIpc) is 2.74. The maximum atomic E-state index is 6.16. The number of aryl methyl sites for hydroxylation is 4. The van der Waals surface area contributed by atoms with Crippen LogP contribution in [0.15, 0.2) is 60.7 Å². The van der Waals surface area contributed by atoms with Gasteiger partial charge in [0.2, 0.25) is 0 Å². The van der Waals surface area contributed by atoms with Gasteiger partial charge in [-0.1, -0.05) is 54.6 Å². The van der Waals surface area contributed by atoms with E-state index in [2.05, 4.69) is 48.5 Å². The molecule has 7 rings (SSSR count). The summed E-state index contributed by atoms with van der Waals surface area (Å²) in [6.45, 7) is 0.229. The molecule has 144 valence electrons. The first kappa shape index (κ1) is 18.6. The zero-order valence-corrected chi connectivity index (χ0v) is 16.5. The van der Waals surface area contributed by atoms with Gasteiger partial charge in [-0.05, 0) is 54.0 Å². The molecule has 0 heterocycles. The normalized spacial score (nSPS) is 13.1. The van der Waals surface area contributed by atoms with Gasteiger partial charge in [0.25, 0.3) is 0 Å². The van der Waals surface area contributed by atoms with Crippen molar-refractivity contribution in [3.63, 3.8) is 0 Å². The molecular weight excluding hydrogens is 348 g/mol. The van der Waals surface area contributed by atoms with Gasteiger partial charge >= 0.3 is 0 Å². The van der Waals surface area contributed by atoms with Gasteiger partial charge in [0.1, 0.15) is 11.5 Å². The second-order valence-corrected chi connectivity index (χ2v) is 7.16. The molecule has 0 spiro atoms. The molecule has 0 N–H and O–H groups in total. The summed E-state index contributed by atoms with van der Waals surface area (Å²) in [5.41, 5.74) is 7.37. The van der Waals surface area contributed by atoms with Crippen molar-refractivity contribution in [1.29, 1.82) is 0 Å². The lowest BCUT2D eigenvalue weighted by molar-refractivity contribution is 0.0508. The van der Waals surface area contributed by atoms with Crippen molar-refractivity contribution in [2.75, 3.05) is 21.0 Å². The van der Waals surface area contributed by atoms with Crippen molar-refractivity contribution in [2.45, 2.75) is 25.7 Å². The molecule has 0 unspecified atom stereocenters. The third kappa shape index (κ3) is 3.76. The molecule has 0 atom stereocenters. The van der Waals surface area contributed by atoms with Gasteiger partial charge < -0.3 is 14.2 Å². The van der Waals surface area contributed by atoms with Gasteiger partial charge in [-0.15, -0.1) is 0 Å². The van der Waals surface area contributed by atoms with Crippen molar-refractivity contribution >= 4 is 0 Å². The molecule has 3 aromatic carbocycles. The summed E-state index contributed by atoms with van der Waals surface area (Å²) in [4.78, 5) is 0. The molecule has 0 aliphatic heterocycles. The van der Waals surface area contributed by atoms with E-state index in [0.29, 0.717) is 0 Å². The quantitative estimate of drug-likeness (QED) is 0.573. The topological polar surface area (TPSA) is 27.7 Å². The third-order valence-electron chi connectivity index (χ3n) is 5.41. The number of hydrogen-bond acceptors (Lipinski definition) is 3. The Morgan fingerprint density at radius 2 is 1.36 bits per heavy atom. The van der Waals surface area contributed by atoms with Crippen LogP contribution in [0.4, 0.5) is 0 Å². The summed E-state index contributed by atoms with van der Waals surface area (Å²) in [5, 5.41) is 0. The number of ether oxygens (including phenoxy) is 3. The van der Waals surface area contributed by atoms with Gasteiger partial charge in [-0.2, -0.15) is 0 Å². The Labute approximate surface area is 166 Å². The maximum absolute atomic E-state index is 6.16. The van der Waals surface area contributed by atoms with Crippen molar-refractivity contribution < 1.29 is 14.2 Å². The molecule has 0 saturated carbocycles. The highest BCUT2D eigenvalue weighted by atomic mass is 16.7. The number of rotatable bonds is 5. The Kier molecular flexibility index (Phi) is 5.63. The molecule has 4 aliphatic rings. The van der Waals surface area contributed by atoms with Gasteiger partial charge in [0, 0.05) is 18.2 Å². The second-order valence-electron chi connectivity index (χ2n) is 7.16. The van der Waals surface area contributed by atoms with Crippen LogP contribution in [0.2, 0.25) is 0 Å². The third-order valence-corrected chi connectivity index (χ3v) is 5.41. The Hall–Kier alpha value is -2.78. The fraction of sp³-hybridized carbons (Fsp3) is 0.280. The predicted octanol–water partition coefficient (Wildman–Crippen LogP) is 5.23. The van der Waals surface area contributed by atoms with E-state index in [4.69, 9.17) is 14.2 Å². The first-order chi connectivity index (χ1) is 13.8. The summed E-state index contributed by atoms with van der Waals surface area (Å²) in [7, 11) is 3.38. The zero-order chi connectivity index (χ0) is 19.3. The highest BCUT2D eigenvalue weighted by Crippen LogP contribution is 2.42. The molecule has 0 saturated heterocycles. The van der Waals surface area contributed by atoms with Crippen molar-refractivity contribution in [3.05, 3.63) is 82.9 Å². The van der Waals surface area contributed by atoms with Crippen LogP contribution in [0, 0.1) is 0 Å². The highest BCUT2D eigenvalue weighted by molar-refractivity contribution is 5.80. The molecule has 0 amide bonds. The van der Waals surface area contributed by atoms with Crippen LogP contribution in [-0.4, -0.2) is 21.0 Å². The number of benzene rings is 3. The van der Waals surface area contributed by atoms with Crippen LogP contribution in [0.25, 0.3) is 11.1 Å². The largest absolute Gasteiger partial charge is 0.496 e. The van der Waals surface area contributed by atoms with Crippen LogP contribution in [0.3, 0.4) is 0 Å². The van der Waals surface area contributed by atoms with Gasteiger partial charge in [-0.25, -0.2) is 0 Å². The van der Waals surface area contributed by atoms with Crippen LogP contribution in [0.5, 0.6) is 11.5 Å². The summed E-state index contributed by atoms with van der Waals surface area (Å²) in [6, 6.07) is 21.7. The van der Waals surface area contributed by atoms with Crippen LogP contribution >= 0.6 is 0 Å². The molecular formula is C25H26O3. The highest BCUT2D eigenvalue weighted by Gasteiger charge is 2.20. The van der Waals surface area contributed by atoms with Gasteiger partial charge in [0.15, 0.2) is 6.79 Å². The zero-order valence-electron chi connectivity index (χ0n) is 16.5. The second kappa shape index (κ2) is 8.49. The lowest BCUT2D eigenvalue weighted by Gasteiger charge is -2.21. The van der Waals surface area contributed by atoms with Gasteiger partial charge in [-0.3, -0.25) is 0 Å². The lowest BCUT2D eigenvalue weighted by Crippen LogP contribution is -2.08. The van der Waals surface area contributed by atoms with Crippen molar-refractivity contribution in [2.24, 2.45) is 0 Å². The maximum Gasteiger partial charge on any atom is 0.188 e. The molecule has 4 aliphatic carbocycles. The summed E-state index contributed by atoms with van der Waals surface area (Å²) >= 11 is 0. The number of hydrogen-bond donors (Lipinski definition) is 0. The van der Waals surface area contributed by atoms with Crippen molar-refractivity contribution in [3.8, 4) is 22.6 Å². The Morgan fingerprint density at radius 1 is 0.714 bits per heavy atom. The summed E-state index contributed by atoms with van der Waals surface area (Å²) < 4.78 is 17.1.